The van der Waals surface area contributed by atoms with E-state index in [-0.39, 0.29) is 5.56 Å². The molecule has 0 N–H and O–H groups in total. The van der Waals surface area contributed by atoms with Gasteiger partial charge in [-0.05, 0) is 52.9 Å². The lowest BCUT2D eigenvalue weighted by atomic mass is 9.98. The van der Waals surface area contributed by atoms with E-state index >= 15 is 0 Å². The number of hydrogen-bond acceptors (Lipinski definition) is 2. The Labute approximate surface area is 128 Å². The molecule has 2 aromatic rings. The smallest absolute Gasteiger partial charge is 0.216 e. The van der Waals surface area contributed by atoms with Gasteiger partial charge in [0, 0.05) is 14.7 Å². The van der Waals surface area contributed by atoms with Crippen LogP contribution >= 0.6 is 22.6 Å². The summed E-state index contributed by atoms with van der Waals surface area (Å²) in [5.74, 6) is -0.738. The quantitative estimate of drug-likeness (QED) is 0.716. The Morgan fingerprint density at radius 3 is 2.45 bits per heavy atom. The zero-order valence-electron chi connectivity index (χ0n) is 10.4. The second-order valence-electron chi connectivity index (χ2n) is 4.32. The van der Waals surface area contributed by atoms with Crippen LogP contribution in [0.1, 0.15) is 5.56 Å². The summed E-state index contributed by atoms with van der Waals surface area (Å²) in [7, 11) is 0. The van der Waals surface area contributed by atoms with Crippen molar-refractivity contribution in [2.24, 2.45) is 4.99 Å². The molecule has 0 saturated heterocycles. The monoisotopic (exact) mass is 385 g/mol. The summed E-state index contributed by atoms with van der Waals surface area (Å²) in [5, 5.41) is 0. The standard InChI is InChI=1S/C15H10F2INO/c16-12-2-1-3-13(17)14(12)11-8-9(18)4-5-10(11)15-19-6-7-20-15/h1-5,8H,6-7H2. The Balaban J connectivity index is 2.24. The van der Waals surface area contributed by atoms with E-state index in [2.05, 4.69) is 27.6 Å². The fourth-order valence-electron chi connectivity index (χ4n) is 2.16. The van der Waals surface area contributed by atoms with Gasteiger partial charge in [-0.25, -0.2) is 13.8 Å². The number of halogens is 3. The fourth-order valence-corrected chi connectivity index (χ4v) is 2.65. The second-order valence-corrected chi connectivity index (χ2v) is 5.57. The number of benzene rings is 2. The highest BCUT2D eigenvalue weighted by atomic mass is 127. The number of rotatable bonds is 2. The van der Waals surface area contributed by atoms with Gasteiger partial charge in [-0.2, -0.15) is 0 Å². The minimum Gasteiger partial charge on any atom is -0.475 e. The summed E-state index contributed by atoms with van der Waals surface area (Å²) >= 11 is 2.11. The first-order valence-electron chi connectivity index (χ1n) is 6.08. The average Bonchev–Trinajstić information content (AvgIpc) is 2.92. The van der Waals surface area contributed by atoms with Crippen LogP contribution in [0.25, 0.3) is 11.1 Å². The number of nitrogens with zero attached hydrogens (tertiary/aromatic N) is 1. The number of hydrogen-bond donors (Lipinski definition) is 0. The van der Waals surface area contributed by atoms with Crippen molar-refractivity contribution in [3.05, 3.63) is 57.2 Å². The van der Waals surface area contributed by atoms with Crippen molar-refractivity contribution in [2.45, 2.75) is 0 Å². The first-order chi connectivity index (χ1) is 9.66. The van der Waals surface area contributed by atoms with Crippen molar-refractivity contribution in [3.63, 3.8) is 0 Å². The second kappa shape index (κ2) is 5.47. The molecule has 0 bridgehead atoms. The molecular formula is C15H10F2INO. The molecule has 0 amide bonds. The molecule has 2 aromatic carbocycles. The largest absolute Gasteiger partial charge is 0.475 e. The SMILES string of the molecule is Fc1cccc(F)c1-c1cc(I)ccc1C1=NCCO1. The minimum atomic E-state index is -0.591. The molecular weight excluding hydrogens is 375 g/mol. The van der Waals surface area contributed by atoms with Crippen LogP contribution in [0.4, 0.5) is 8.78 Å². The van der Waals surface area contributed by atoms with E-state index in [9.17, 15) is 8.78 Å². The van der Waals surface area contributed by atoms with Gasteiger partial charge in [0.25, 0.3) is 0 Å². The Morgan fingerprint density at radius 1 is 1.05 bits per heavy atom. The van der Waals surface area contributed by atoms with E-state index in [0.29, 0.717) is 30.2 Å². The van der Waals surface area contributed by atoms with Crippen LogP contribution in [0.15, 0.2) is 41.4 Å². The summed E-state index contributed by atoms with van der Waals surface area (Å²) in [6.07, 6.45) is 0. The molecule has 0 spiro atoms. The van der Waals surface area contributed by atoms with Gasteiger partial charge >= 0.3 is 0 Å². The van der Waals surface area contributed by atoms with Crippen LogP contribution in [-0.2, 0) is 4.74 Å². The summed E-state index contributed by atoms with van der Waals surface area (Å²) in [5.41, 5.74) is 1.04. The third-order valence-electron chi connectivity index (χ3n) is 3.03. The highest BCUT2D eigenvalue weighted by Crippen LogP contribution is 2.31. The molecule has 20 heavy (non-hydrogen) atoms. The van der Waals surface area contributed by atoms with E-state index in [4.69, 9.17) is 4.74 Å². The summed E-state index contributed by atoms with van der Waals surface area (Å²) in [6, 6.07) is 9.24. The normalized spacial score (nSPS) is 14.1. The van der Waals surface area contributed by atoms with Crippen LogP contribution in [-0.4, -0.2) is 19.0 Å². The maximum absolute atomic E-state index is 14.0. The highest BCUT2D eigenvalue weighted by Gasteiger charge is 2.20. The average molecular weight is 385 g/mol. The van der Waals surface area contributed by atoms with Crippen LogP contribution in [0.3, 0.4) is 0 Å². The molecule has 102 valence electrons. The van der Waals surface area contributed by atoms with Crippen LogP contribution in [0.2, 0.25) is 0 Å². The van der Waals surface area contributed by atoms with Crippen molar-refractivity contribution in [2.75, 3.05) is 13.2 Å². The first kappa shape index (κ1) is 13.5. The highest BCUT2D eigenvalue weighted by molar-refractivity contribution is 14.1. The molecule has 0 radical (unpaired) electrons. The van der Waals surface area contributed by atoms with Gasteiger partial charge in [0.1, 0.15) is 18.2 Å². The number of ether oxygens (including phenoxy) is 1. The predicted octanol–water partition coefficient (Wildman–Crippen LogP) is 4.01. The van der Waals surface area contributed by atoms with Crippen LogP contribution in [0, 0.1) is 15.2 Å². The van der Waals surface area contributed by atoms with Gasteiger partial charge in [0.2, 0.25) is 5.90 Å². The first-order valence-corrected chi connectivity index (χ1v) is 7.16. The van der Waals surface area contributed by atoms with E-state index in [1.807, 2.05) is 6.07 Å². The topological polar surface area (TPSA) is 21.6 Å². The van der Waals surface area contributed by atoms with Crippen molar-refractivity contribution in [1.82, 2.24) is 0 Å². The van der Waals surface area contributed by atoms with Gasteiger partial charge in [-0.3, -0.25) is 0 Å². The third-order valence-corrected chi connectivity index (χ3v) is 3.70. The van der Waals surface area contributed by atoms with E-state index in [1.165, 1.54) is 18.2 Å². The summed E-state index contributed by atoms with van der Waals surface area (Å²) in [6.45, 7) is 1.07. The Morgan fingerprint density at radius 2 is 1.80 bits per heavy atom. The molecule has 5 heteroatoms. The minimum absolute atomic E-state index is 0.0424. The maximum Gasteiger partial charge on any atom is 0.216 e. The Bertz CT molecular complexity index is 680. The van der Waals surface area contributed by atoms with Crippen molar-refractivity contribution < 1.29 is 13.5 Å². The van der Waals surface area contributed by atoms with Crippen molar-refractivity contribution in [3.8, 4) is 11.1 Å². The lowest BCUT2D eigenvalue weighted by Gasteiger charge is -2.12. The van der Waals surface area contributed by atoms with Gasteiger partial charge in [0.05, 0.1) is 12.1 Å². The molecule has 1 aliphatic rings. The third kappa shape index (κ3) is 2.42. The summed E-state index contributed by atoms with van der Waals surface area (Å²) in [4.78, 5) is 4.23. The molecule has 1 aliphatic heterocycles. The van der Waals surface area contributed by atoms with Crippen molar-refractivity contribution >= 4 is 28.5 Å². The predicted molar refractivity (Wildman–Crippen MR) is 81.9 cm³/mol. The molecule has 0 aromatic heterocycles. The lowest BCUT2D eigenvalue weighted by molar-refractivity contribution is 0.348. The van der Waals surface area contributed by atoms with E-state index in [1.54, 1.807) is 12.1 Å². The Kier molecular flexibility index (Phi) is 3.69. The molecule has 0 unspecified atom stereocenters. The zero-order chi connectivity index (χ0) is 14.1. The molecule has 0 aliphatic carbocycles. The van der Waals surface area contributed by atoms with Crippen LogP contribution in [0.5, 0.6) is 0 Å². The van der Waals surface area contributed by atoms with Crippen LogP contribution < -0.4 is 0 Å². The molecule has 2 nitrogen and oxygen atoms in total. The van der Waals surface area contributed by atoms with Crippen molar-refractivity contribution in [1.29, 1.82) is 0 Å². The Hall–Kier alpha value is -1.50. The van der Waals surface area contributed by atoms with E-state index < -0.39 is 11.6 Å². The van der Waals surface area contributed by atoms with Gasteiger partial charge in [-0.1, -0.05) is 6.07 Å². The molecule has 0 atom stereocenters. The molecule has 0 fully saturated rings. The lowest BCUT2D eigenvalue weighted by Crippen LogP contribution is -2.05. The summed E-state index contributed by atoms with van der Waals surface area (Å²) < 4.78 is 34.3. The molecule has 0 saturated carbocycles. The van der Waals surface area contributed by atoms with Gasteiger partial charge in [0.15, 0.2) is 0 Å². The fraction of sp³-hybridized carbons (Fsp3) is 0.133. The van der Waals surface area contributed by atoms with Gasteiger partial charge in [-0.15, -0.1) is 0 Å². The van der Waals surface area contributed by atoms with E-state index in [0.717, 1.165) is 3.57 Å². The van der Waals surface area contributed by atoms with Gasteiger partial charge < -0.3 is 4.74 Å². The number of aliphatic imine (C=N–C) groups is 1. The molecule has 1 heterocycles. The zero-order valence-corrected chi connectivity index (χ0v) is 12.5. The molecule has 3 rings (SSSR count). The maximum atomic E-state index is 14.0.